The Hall–Kier alpha value is -2.34. The molecular weight excluding hydrogens is 414 g/mol. The van der Waals surface area contributed by atoms with E-state index in [0.717, 1.165) is 31.3 Å². The first-order valence-corrected chi connectivity index (χ1v) is 8.58. The first-order chi connectivity index (χ1) is 11.7. The van der Waals surface area contributed by atoms with E-state index >= 15 is 0 Å². The molecule has 0 fully saturated rings. The summed E-state index contributed by atoms with van der Waals surface area (Å²) in [4.78, 5) is 9.51. The lowest BCUT2D eigenvalue weighted by atomic mass is 10.1. The number of nitrogens with zero attached hydrogens (tertiary/aromatic N) is 2. The van der Waals surface area contributed by atoms with Crippen molar-refractivity contribution in [3.63, 3.8) is 0 Å². The van der Waals surface area contributed by atoms with Gasteiger partial charge in [-0.05, 0) is 59.0 Å². The van der Waals surface area contributed by atoms with Crippen LogP contribution in [0.5, 0.6) is 0 Å². The minimum atomic E-state index is -0.255. The largest absolute Gasteiger partial charge is 0.228 e. The van der Waals surface area contributed by atoms with Crippen molar-refractivity contribution in [2.75, 3.05) is 0 Å². The Balaban J connectivity index is 2.01. The second-order valence-electron chi connectivity index (χ2n) is 5.40. The van der Waals surface area contributed by atoms with Crippen LogP contribution in [-0.2, 0) is 0 Å². The van der Waals surface area contributed by atoms with Crippen LogP contribution in [0, 0.1) is 9.39 Å². The second-order valence-corrected chi connectivity index (χ2v) is 6.56. The van der Waals surface area contributed by atoms with E-state index in [1.165, 1.54) is 12.1 Å². The van der Waals surface area contributed by atoms with E-state index in [0.29, 0.717) is 5.82 Å². The van der Waals surface area contributed by atoms with Crippen molar-refractivity contribution in [3.05, 3.63) is 82.2 Å². The van der Waals surface area contributed by atoms with E-state index in [2.05, 4.69) is 22.6 Å². The first-order valence-electron chi connectivity index (χ1n) is 7.50. The molecule has 0 N–H and O–H groups in total. The van der Waals surface area contributed by atoms with E-state index < -0.39 is 0 Å². The summed E-state index contributed by atoms with van der Waals surface area (Å²) < 4.78 is 14.4. The van der Waals surface area contributed by atoms with E-state index in [-0.39, 0.29) is 5.82 Å². The molecule has 0 saturated carbocycles. The standard InChI is InChI=1S/C20H12FIN2/c21-14-11-9-13(10-12-14)19-16-6-2-4-8-18(16)23-20(24-19)15-5-1-3-7-17(15)22/h1-12H. The van der Waals surface area contributed by atoms with E-state index in [4.69, 9.17) is 9.97 Å². The Kier molecular flexibility index (Phi) is 3.98. The van der Waals surface area contributed by atoms with Crippen LogP contribution in [0.15, 0.2) is 72.8 Å². The SMILES string of the molecule is Fc1ccc(-c2nc(-c3ccccc3I)nc3ccccc23)cc1. The zero-order valence-electron chi connectivity index (χ0n) is 12.6. The highest BCUT2D eigenvalue weighted by Crippen LogP contribution is 2.30. The predicted octanol–water partition coefficient (Wildman–Crippen LogP) is 5.71. The number of para-hydroxylation sites is 1. The van der Waals surface area contributed by atoms with E-state index in [1.54, 1.807) is 12.1 Å². The average molecular weight is 426 g/mol. The Bertz CT molecular complexity index is 1030. The van der Waals surface area contributed by atoms with E-state index in [9.17, 15) is 4.39 Å². The number of benzene rings is 3. The second kappa shape index (κ2) is 6.28. The molecule has 4 rings (SSSR count). The van der Waals surface area contributed by atoms with Crippen LogP contribution in [-0.4, -0.2) is 9.97 Å². The molecule has 3 aromatic carbocycles. The predicted molar refractivity (Wildman–Crippen MR) is 103 cm³/mol. The molecule has 116 valence electrons. The van der Waals surface area contributed by atoms with Crippen LogP contribution >= 0.6 is 22.6 Å². The van der Waals surface area contributed by atoms with Gasteiger partial charge in [0.05, 0.1) is 11.2 Å². The molecule has 0 bridgehead atoms. The number of rotatable bonds is 2. The number of halogens is 2. The maximum Gasteiger partial charge on any atom is 0.161 e. The minimum absolute atomic E-state index is 0.255. The third-order valence-electron chi connectivity index (χ3n) is 3.84. The minimum Gasteiger partial charge on any atom is -0.228 e. The van der Waals surface area contributed by atoms with Gasteiger partial charge in [0.2, 0.25) is 0 Å². The summed E-state index contributed by atoms with van der Waals surface area (Å²) in [5.74, 6) is 0.424. The van der Waals surface area contributed by atoms with Crippen LogP contribution in [0.1, 0.15) is 0 Å². The fourth-order valence-corrected chi connectivity index (χ4v) is 3.30. The lowest BCUT2D eigenvalue weighted by molar-refractivity contribution is 0.628. The molecule has 4 aromatic rings. The lowest BCUT2D eigenvalue weighted by Gasteiger charge is -2.10. The number of fused-ring (bicyclic) bond motifs is 1. The molecule has 0 unspecified atom stereocenters. The van der Waals surface area contributed by atoms with Gasteiger partial charge < -0.3 is 0 Å². The van der Waals surface area contributed by atoms with Crippen LogP contribution in [0.25, 0.3) is 33.5 Å². The van der Waals surface area contributed by atoms with Gasteiger partial charge in [-0.2, -0.15) is 0 Å². The number of aromatic nitrogens is 2. The number of hydrogen-bond donors (Lipinski definition) is 0. The highest BCUT2D eigenvalue weighted by Gasteiger charge is 2.12. The maximum atomic E-state index is 13.3. The van der Waals surface area contributed by atoms with Crippen LogP contribution in [0.3, 0.4) is 0 Å². The molecule has 24 heavy (non-hydrogen) atoms. The molecule has 0 spiro atoms. The van der Waals surface area contributed by atoms with Gasteiger partial charge >= 0.3 is 0 Å². The smallest absolute Gasteiger partial charge is 0.161 e. The molecular formula is C20H12FIN2. The fraction of sp³-hybridized carbons (Fsp3) is 0. The van der Waals surface area contributed by atoms with Gasteiger partial charge in [0.1, 0.15) is 5.82 Å². The zero-order valence-corrected chi connectivity index (χ0v) is 14.7. The lowest BCUT2D eigenvalue weighted by Crippen LogP contribution is -1.96. The Labute approximate surface area is 152 Å². The zero-order chi connectivity index (χ0) is 16.5. The molecule has 0 aliphatic rings. The molecule has 0 amide bonds. The Morgan fingerprint density at radius 1 is 0.750 bits per heavy atom. The van der Waals surface area contributed by atoms with Crippen molar-refractivity contribution < 1.29 is 4.39 Å². The summed E-state index contributed by atoms with van der Waals surface area (Å²) in [5.41, 5.74) is 3.56. The monoisotopic (exact) mass is 426 g/mol. The van der Waals surface area contributed by atoms with Gasteiger partial charge in [-0.25, -0.2) is 14.4 Å². The normalized spacial score (nSPS) is 10.9. The topological polar surface area (TPSA) is 25.8 Å². The van der Waals surface area contributed by atoms with Gasteiger partial charge in [0.25, 0.3) is 0 Å². The molecule has 2 nitrogen and oxygen atoms in total. The third kappa shape index (κ3) is 2.78. The average Bonchev–Trinajstić information content (AvgIpc) is 2.62. The maximum absolute atomic E-state index is 13.3. The molecule has 1 aromatic heterocycles. The van der Waals surface area contributed by atoms with Gasteiger partial charge in [0, 0.05) is 20.1 Å². The number of hydrogen-bond acceptors (Lipinski definition) is 2. The summed E-state index contributed by atoms with van der Waals surface area (Å²) in [5, 5.41) is 0.957. The fourth-order valence-electron chi connectivity index (χ4n) is 2.67. The molecule has 0 saturated heterocycles. The van der Waals surface area contributed by atoms with Crippen molar-refractivity contribution in [2.24, 2.45) is 0 Å². The summed E-state index contributed by atoms with van der Waals surface area (Å²) in [6, 6.07) is 22.3. The molecule has 0 aliphatic carbocycles. The van der Waals surface area contributed by atoms with Crippen LogP contribution < -0.4 is 0 Å². The highest BCUT2D eigenvalue weighted by molar-refractivity contribution is 14.1. The Morgan fingerprint density at radius 3 is 2.25 bits per heavy atom. The van der Waals surface area contributed by atoms with Crippen molar-refractivity contribution in [3.8, 4) is 22.6 Å². The first kappa shape index (κ1) is 15.2. The van der Waals surface area contributed by atoms with Crippen molar-refractivity contribution in [1.29, 1.82) is 0 Å². The molecule has 0 atom stereocenters. The van der Waals surface area contributed by atoms with Gasteiger partial charge in [-0.15, -0.1) is 0 Å². The quantitative estimate of drug-likeness (QED) is 0.384. The third-order valence-corrected chi connectivity index (χ3v) is 4.78. The highest BCUT2D eigenvalue weighted by atomic mass is 127. The molecule has 0 radical (unpaired) electrons. The van der Waals surface area contributed by atoms with Crippen molar-refractivity contribution >= 4 is 33.5 Å². The summed E-state index contributed by atoms with van der Waals surface area (Å²) in [7, 11) is 0. The molecule has 0 aliphatic heterocycles. The van der Waals surface area contributed by atoms with Gasteiger partial charge in [0.15, 0.2) is 5.82 Å². The van der Waals surface area contributed by atoms with Crippen molar-refractivity contribution in [2.45, 2.75) is 0 Å². The molecule has 4 heteroatoms. The van der Waals surface area contributed by atoms with Gasteiger partial charge in [-0.3, -0.25) is 0 Å². The van der Waals surface area contributed by atoms with E-state index in [1.807, 2.05) is 48.5 Å². The molecule has 1 heterocycles. The van der Waals surface area contributed by atoms with Crippen LogP contribution in [0.4, 0.5) is 4.39 Å². The van der Waals surface area contributed by atoms with Crippen molar-refractivity contribution in [1.82, 2.24) is 9.97 Å². The Morgan fingerprint density at radius 2 is 1.46 bits per heavy atom. The van der Waals surface area contributed by atoms with Gasteiger partial charge in [-0.1, -0.05) is 36.4 Å². The summed E-state index contributed by atoms with van der Waals surface area (Å²) >= 11 is 2.29. The van der Waals surface area contributed by atoms with Crippen LogP contribution in [0.2, 0.25) is 0 Å². The summed E-state index contributed by atoms with van der Waals surface area (Å²) in [6.07, 6.45) is 0. The summed E-state index contributed by atoms with van der Waals surface area (Å²) in [6.45, 7) is 0.